The van der Waals surface area contributed by atoms with Crippen molar-refractivity contribution in [1.29, 1.82) is 5.26 Å². The van der Waals surface area contributed by atoms with E-state index in [0.717, 1.165) is 0 Å². The maximum atomic E-state index is 8.62. The van der Waals surface area contributed by atoms with E-state index < -0.39 is 0 Å². The second-order valence-electron chi connectivity index (χ2n) is 2.36. The minimum atomic E-state index is 0.126. The summed E-state index contributed by atoms with van der Waals surface area (Å²) in [4.78, 5) is 14.7. The number of aromatic nitrogens is 4. The van der Waals surface area contributed by atoms with Gasteiger partial charge in [-0.2, -0.15) is 15.2 Å². The van der Waals surface area contributed by atoms with Crippen LogP contribution in [0.4, 0.5) is 5.82 Å². The van der Waals surface area contributed by atoms with E-state index in [1.165, 1.54) is 6.33 Å². The van der Waals surface area contributed by atoms with E-state index in [2.05, 4.69) is 25.3 Å². The van der Waals surface area contributed by atoms with Gasteiger partial charge >= 0.3 is 0 Å². The number of rotatable bonds is 1. The normalized spacial score (nSPS) is 9.85. The van der Waals surface area contributed by atoms with Crippen molar-refractivity contribution in [2.75, 3.05) is 12.4 Å². The second kappa shape index (κ2) is 2.71. The Balaban J connectivity index is 2.79. The van der Waals surface area contributed by atoms with Gasteiger partial charge in [-0.25, -0.2) is 4.98 Å². The van der Waals surface area contributed by atoms with Gasteiger partial charge in [-0.05, 0) is 0 Å². The maximum absolute atomic E-state index is 8.62. The number of hydrogen-bond donors (Lipinski definition) is 2. The summed E-state index contributed by atoms with van der Waals surface area (Å²) in [6, 6.07) is 1.87. The molecule has 0 atom stereocenters. The molecule has 0 unspecified atom stereocenters. The van der Waals surface area contributed by atoms with E-state index in [1.54, 1.807) is 7.05 Å². The molecule has 0 aliphatic heterocycles. The van der Waals surface area contributed by atoms with Crippen LogP contribution in [0.3, 0.4) is 0 Å². The minimum absolute atomic E-state index is 0.126. The average Bonchev–Trinajstić information content (AvgIpc) is 2.63. The molecule has 6 nitrogen and oxygen atoms in total. The first-order chi connectivity index (χ1) is 6.35. The summed E-state index contributed by atoms with van der Waals surface area (Å²) in [5.74, 6) is 0.684. The average molecular weight is 174 g/mol. The molecule has 0 radical (unpaired) electrons. The SMILES string of the molecule is CNc1nc(C#N)nc2[nH]cnc12. The van der Waals surface area contributed by atoms with Gasteiger partial charge in [0.1, 0.15) is 11.6 Å². The van der Waals surface area contributed by atoms with E-state index in [1.807, 2.05) is 6.07 Å². The van der Waals surface area contributed by atoms with Crippen LogP contribution in [-0.2, 0) is 0 Å². The monoisotopic (exact) mass is 174 g/mol. The molecule has 2 aromatic heterocycles. The molecule has 0 amide bonds. The number of anilines is 1. The third kappa shape index (κ3) is 1.06. The number of nitrogens with zero attached hydrogens (tertiary/aromatic N) is 4. The molecule has 2 rings (SSSR count). The molecule has 0 fully saturated rings. The zero-order valence-corrected chi connectivity index (χ0v) is 6.87. The lowest BCUT2D eigenvalue weighted by molar-refractivity contribution is 1.14. The molecule has 64 valence electrons. The summed E-state index contributed by atoms with van der Waals surface area (Å²) in [5.41, 5.74) is 1.21. The smallest absolute Gasteiger partial charge is 0.236 e. The van der Waals surface area contributed by atoms with E-state index in [-0.39, 0.29) is 5.82 Å². The molecule has 0 aliphatic rings. The zero-order chi connectivity index (χ0) is 9.26. The second-order valence-corrected chi connectivity index (χ2v) is 2.36. The van der Waals surface area contributed by atoms with Gasteiger partial charge in [-0.15, -0.1) is 0 Å². The fourth-order valence-electron chi connectivity index (χ4n) is 1.06. The zero-order valence-electron chi connectivity index (χ0n) is 6.87. The first-order valence-electron chi connectivity index (χ1n) is 3.64. The van der Waals surface area contributed by atoms with Crippen molar-refractivity contribution in [3.63, 3.8) is 0 Å². The van der Waals surface area contributed by atoms with Crippen LogP contribution in [0.5, 0.6) is 0 Å². The van der Waals surface area contributed by atoms with E-state index in [9.17, 15) is 0 Å². The Bertz CT molecular complexity index is 479. The van der Waals surface area contributed by atoms with Crippen molar-refractivity contribution >= 4 is 17.0 Å². The fourth-order valence-corrected chi connectivity index (χ4v) is 1.06. The molecule has 2 N–H and O–H groups in total. The summed E-state index contributed by atoms with van der Waals surface area (Å²) in [5, 5.41) is 11.5. The Morgan fingerprint density at radius 2 is 2.38 bits per heavy atom. The molecule has 0 aliphatic carbocycles. The van der Waals surface area contributed by atoms with E-state index in [0.29, 0.717) is 17.0 Å². The number of imidazole rings is 1. The van der Waals surface area contributed by atoms with Crippen LogP contribution in [-0.4, -0.2) is 27.0 Å². The molecule has 0 spiro atoms. The van der Waals surface area contributed by atoms with Crippen LogP contribution in [0, 0.1) is 11.3 Å². The number of aromatic amines is 1. The van der Waals surface area contributed by atoms with Crippen LogP contribution in [0.2, 0.25) is 0 Å². The molecule has 6 heteroatoms. The lowest BCUT2D eigenvalue weighted by Crippen LogP contribution is -1.98. The Kier molecular flexibility index (Phi) is 1.56. The Labute approximate surface area is 73.7 Å². The van der Waals surface area contributed by atoms with Crippen molar-refractivity contribution in [3.05, 3.63) is 12.2 Å². The van der Waals surface area contributed by atoms with Crippen LogP contribution in [0.25, 0.3) is 11.2 Å². The summed E-state index contributed by atoms with van der Waals surface area (Å²) >= 11 is 0. The van der Waals surface area contributed by atoms with Crippen molar-refractivity contribution in [2.45, 2.75) is 0 Å². The third-order valence-electron chi connectivity index (χ3n) is 1.62. The summed E-state index contributed by atoms with van der Waals surface area (Å²) in [6.07, 6.45) is 1.52. The predicted molar refractivity (Wildman–Crippen MR) is 45.9 cm³/mol. The highest BCUT2D eigenvalue weighted by molar-refractivity contribution is 5.82. The largest absolute Gasteiger partial charge is 0.371 e. The number of nitriles is 1. The fraction of sp³-hybridized carbons (Fsp3) is 0.143. The molecule has 2 aromatic rings. The molecule has 0 bridgehead atoms. The predicted octanol–water partition coefficient (Wildman–Crippen LogP) is 0.266. The van der Waals surface area contributed by atoms with E-state index in [4.69, 9.17) is 5.26 Å². The topological polar surface area (TPSA) is 90.3 Å². The lowest BCUT2D eigenvalue weighted by Gasteiger charge is -1.98. The van der Waals surface area contributed by atoms with E-state index >= 15 is 0 Å². The minimum Gasteiger partial charge on any atom is -0.371 e. The highest BCUT2D eigenvalue weighted by atomic mass is 15.1. The van der Waals surface area contributed by atoms with Crippen molar-refractivity contribution in [3.8, 4) is 6.07 Å². The third-order valence-corrected chi connectivity index (χ3v) is 1.62. The van der Waals surface area contributed by atoms with Crippen molar-refractivity contribution < 1.29 is 0 Å². The standard InChI is InChI=1S/C7H6N6/c1-9-6-5-7(11-3-10-5)13-4(2-8)12-6/h3H,1H3,(H2,9,10,11,12,13). The van der Waals surface area contributed by atoms with Crippen molar-refractivity contribution in [1.82, 2.24) is 19.9 Å². The van der Waals surface area contributed by atoms with Gasteiger partial charge in [0.2, 0.25) is 5.82 Å². The summed E-state index contributed by atoms with van der Waals surface area (Å²) < 4.78 is 0. The maximum Gasteiger partial charge on any atom is 0.236 e. The highest BCUT2D eigenvalue weighted by Gasteiger charge is 2.07. The number of hydrogen-bond acceptors (Lipinski definition) is 5. The Hall–Kier alpha value is -2.16. The molecular formula is C7H6N6. The summed E-state index contributed by atoms with van der Waals surface area (Å²) in [6.45, 7) is 0. The van der Waals surface area contributed by atoms with Gasteiger partial charge in [0.15, 0.2) is 11.5 Å². The summed E-state index contributed by atoms with van der Waals surface area (Å²) in [7, 11) is 1.72. The van der Waals surface area contributed by atoms with Gasteiger partial charge in [-0.1, -0.05) is 0 Å². The van der Waals surface area contributed by atoms with Gasteiger partial charge in [-0.3, -0.25) is 0 Å². The van der Waals surface area contributed by atoms with Gasteiger partial charge in [0.05, 0.1) is 6.33 Å². The molecule has 2 heterocycles. The first-order valence-corrected chi connectivity index (χ1v) is 3.64. The Morgan fingerprint density at radius 3 is 3.08 bits per heavy atom. The van der Waals surface area contributed by atoms with Gasteiger partial charge in [0.25, 0.3) is 0 Å². The van der Waals surface area contributed by atoms with Crippen LogP contribution >= 0.6 is 0 Å². The number of H-pyrrole nitrogens is 1. The van der Waals surface area contributed by atoms with Crippen LogP contribution in [0.1, 0.15) is 5.82 Å². The number of nitrogens with one attached hydrogen (secondary N) is 2. The quantitative estimate of drug-likeness (QED) is 0.647. The lowest BCUT2D eigenvalue weighted by atomic mass is 10.4. The van der Waals surface area contributed by atoms with Gasteiger partial charge < -0.3 is 10.3 Å². The highest BCUT2D eigenvalue weighted by Crippen LogP contribution is 2.14. The number of fused-ring (bicyclic) bond motifs is 1. The molecule has 13 heavy (non-hydrogen) atoms. The Morgan fingerprint density at radius 1 is 1.54 bits per heavy atom. The molecule has 0 aromatic carbocycles. The van der Waals surface area contributed by atoms with Gasteiger partial charge in [0, 0.05) is 7.05 Å². The van der Waals surface area contributed by atoms with Crippen LogP contribution in [0.15, 0.2) is 6.33 Å². The molecule has 0 saturated heterocycles. The molecular weight excluding hydrogens is 168 g/mol. The van der Waals surface area contributed by atoms with Crippen LogP contribution < -0.4 is 5.32 Å². The molecule has 0 saturated carbocycles. The van der Waals surface area contributed by atoms with Crippen molar-refractivity contribution in [2.24, 2.45) is 0 Å². The first kappa shape index (κ1) is 7.49.